The van der Waals surface area contributed by atoms with Gasteiger partial charge < -0.3 is 24.8 Å². The van der Waals surface area contributed by atoms with Gasteiger partial charge in [-0.1, -0.05) is 0 Å². The third kappa shape index (κ3) is 3.82. The fourth-order valence-corrected chi connectivity index (χ4v) is 3.20. The molecule has 0 spiro atoms. The van der Waals surface area contributed by atoms with Crippen molar-refractivity contribution in [2.75, 3.05) is 19.8 Å². The highest BCUT2D eigenvalue weighted by Crippen LogP contribution is 2.26. The molecule has 1 heterocycles. The Hall–Kier alpha value is -0.425. The van der Waals surface area contributed by atoms with Crippen molar-refractivity contribution in [2.45, 2.75) is 56.9 Å². The summed E-state index contributed by atoms with van der Waals surface area (Å²) in [7, 11) is 6.00. The lowest BCUT2D eigenvalue weighted by atomic mass is 9.88. The summed E-state index contributed by atoms with van der Waals surface area (Å²) in [5.41, 5.74) is 6.05. The summed E-state index contributed by atoms with van der Waals surface area (Å²) < 4.78 is 11.7. The van der Waals surface area contributed by atoms with E-state index in [4.69, 9.17) is 23.2 Å². The lowest BCUT2D eigenvalue weighted by molar-refractivity contribution is -0.113. The van der Waals surface area contributed by atoms with Crippen molar-refractivity contribution in [2.24, 2.45) is 11.7 Å². The molecule has 0 unspecified atom stereocenters. The standard InChI is InChI=1S/C14H25BN2O3/c1-2-19-14-12(16)7-17(15)13(14)9-20-11-5-3-10(8-18)4-6-11/h8,10-14H,2-7,9,16H2,1H3/t10?,11?,12-,13-,14+/m1/s1. The second-order valence-corrected chi connectivity index (χ2v) is 5.85. The predicted octanol–water partition coefficient (Wildman–Crippen LogP) is 0.261. The third-order valence-corrected chi connectivity index (χ3v) is 4.42. The lowest BCUT2D eigenvalue weighted by Gasteiger charge is -2.30. The Morgan fingerprint density at radius 1 is 1.30 bits per heavy atom. The molecule has 2 rings (SSSR count). The summed E-state index contributed by atoms with van der Waals surface area (Å²) in [5.74, 6) is 0.219. The van der Waals surface area contributed by atoms with Crippen LogP contribution in [0, 0.1) is 5.92 Å². The number of rotatable bonds is 6. The van der Waals surface area contributed by atoms with Crippen LogP contribution in [0.1, 0.15) is 32.6 Å². The molecule has 6 heteroatoms. The number of hydrogen-bond acceptors (Lipinski definition) is 5. The monoisotopic (exact) mass is 280 g/mol. The van der Waals surface area contributed by atoms with Gasteiger partial charge in [0.1, 0.15) is 6.29 Å². The van der Waals surface area contributed by atoms with E-state index < -0.39 is 0 Å². The molecule has 0 aromatic carbocycles. The van der Waals surface area contributed by atoms with Gasteiger partial charge in [-0.25, -0.2) is 0 Å². The molecule has 2 N–H and O–H groups in total. The molecule has 2 radical (unpaired) electrons. The van der Waals surface area contributed by atoms with Crippen LogP contribution >= 0.6 is 0 Å². The van der Waals surface area contributed by atoms with Crippen molar-refractivity contribution < 1.29 is 14.3 Å². The van der Waals surface area contributed by atoms with Crippen LogP contribution in [0.15, 0.2) is 0 Å². The van der Waals surface area contributed by atoms with Crippen LogP contribution in [0.5, 0.6) is 0 Å². The molecule has 20 heavy (non-hydrogen) atoms. The number of nitrogens with zero attached hydrogens (tertiary/aromatic N) is 1. The van der Waals surface area contributed by atoms with E-state index >= 15 is 0 Å². The molecule has 2 fully saturated rings. The molecule has 5 nitrogen and oxygen atoms in total. The number of hydrogen-bond donors (Lipinski definition) is 1. The number of nitrogens with two attached hydrogens (primary N) is 1. The SMILES string of the molecule is [B]N1C[C@@H](N)[C@H](OCC)[C@H]1COC1CCC(C=O)CC1. The number of carbonyl (C=O) groups is 1. The van der Waals surface area contributed by atoms with E-state index in [1.807, 2.05) is 6.92 Å². The van der Waals surface area contributed by atoms with Crippen molar-refractivity contribution in [3.8, 4) is 0 Å². The largest absolute Gasteiger partial charge is 0.377 e. The minimum Gasteiger partial charge on any atom is -0.377 e. The summed E-state index contributed by atoms with van der Waals surface area (Å²) in [6, 6.07) is -0.0342. The van der Waals surface area contributed by atoms with Crippen molar-refractivity contribution in [1.29, 1.82) is 0 Å². The average Bonchev–Trinajstić information content (AvgIpc) is 2.72. The van der Waals surface area contributed by atoms with E-state index in [0.29, 0.717) is 19.8 Å². The molecule has 1 saturated carbocycles. The van der Waals surface area contributed by atoms with Gasteiger partial charge in [-0.05, 0) is 32.6 Å². The maximum Gasteiger partial charge on any atom is 0.183 e. The van der Waals surface area contributed by atoms with Gasteiger partial charge in [-0.15, -0.1) is 0 Å². The summed E-state index contributed by atoms with van der Waals surface area (Å²) in [4.78, 5) is 12.5. The molecule has 0 amide bonds. The highest BCUT2D eigenvalue weighted by atomic mass is 16.5. The van der Waals surface area contributed by atoms with Crippen molar-refractivity contribution in [3.05, 3.63) is 0 Å². The van der Waals surface area contributed by atoms with Gasteiger partial charge in [-0.3, -0.25) is 0 Å². The summed E-state index contributed by atoms with van der Waals surface area (Å²) >= 11 is 0. The van der Waals surface area contributed by atoms with E-state index in [1.165, 1.54) is 0 Å². The fourth-order valence-electron chi connectivity index (χ4n) is 3.20. The van der Waals surface area contributed by atoms with Crippen LogP contribution in [0.25, 0.3) is 0 Å². The zero-order valence-electron chi connectivity index (χ0n) is 12.2. The average molecular weight is 280 g/mol. The summed E-state index contributed by atoms with van der Waals surface area (Å²) in [6.45, 7) is 3.78. The molecule has 2 aliphatic rings. The first-order valence-electron chi connectivity index (χ1n) is 7.61. The first-order chi connectivity index (χ1) is 9.65. The smallest absolute Gasteiger partial charge is 0.183 e. The van der Waals surface area contributed by atoms with Gasteiger partial charge >= 0.3 is 0 Å². The Labute approximate surface area is 122 Å². The highest BCUT2D eigenvalue weighted by molar-refractivity contribution is 6.04. The Morgan fingerprint density at radius 3 is 2.60 bits per heavy atom. The molecule has 0 aromatic heterocycles. The van der Waals surface area contributed by atoms with Gasteiger partial charge in [0, 0.05) is 25.1 Å². The quantitative estimate of drug-likeness (QED) is 0.558. The van der Waals surface area contributed by atoms with Crippen molar-refractivity contribution in [1.82, 2.24) is 4.81 Å². The van der Waals surface area contributed by atoms with Gasteiger partial charge in [0.15, 0.2) is 7.98 Å². The third-order valence-electron chi connectivity index (χ3n) is 4.42. The van der Waals surface area contributed by atoms with Crippen LogP contribution in [0.4, 0.5) is 0 Å². The number of ether oxygens (including phenoxy) is 2. The van der Waals surface area contributed by atoms with Crippen LogP contribution in [0.2, 0.25) is 0 Å². The maximum atomic E-state index is 10.7. The minimum absolute atomic E-state index is 0.0220. The van der Waals surface area contributed by atoms with Gasteiger partial charge in [0.25, 0.3) is 0 Å². The lowest BCUT2D eigenvalue weighted by Crippen LogP contribution is -2.43. The molecule has 3 atom stereocenters. The number of aldehydes is 1. The van der Waals surface area contributed by atoms with Gasteiger partial charge in [-0.2, -0.15) is 0 Å². The fraction of sp³-hybridized carbons (Fsp3) is 0.929. The molecule has 112 valence electrons. The van der Waals surface area contributed by atoms with Crippen LogP contribution < -0.4 is 5.73 Å². The molecule has 1 saturated heterocycles. The first kappa shape index (κ1) is 16.0. The second-order valence-electron chi connectivity index (χ2n) is 5.85. The molecule has 1 aliphatic heterocycles. The van der Waals surface area contributed by atoms with E-state index in [-0.39, 0.29) is 30.2 Å². The molecule has 0 aromatic rings. The van der Waals surface area contributed by atoms with Crippen LogP contribution in [-0.4, -0.2) is 63.1 Å². The molecule has 1 aliphatic carbocycles. The second kappa shape index (κ2) is 7.55. The number of carbonyl (C=O) groups excluding carboxylic acids is 1. The highest BCUT2D eigenvalue weighted by Gasteiger charge is 2.38. The maximum absolute atomic E-state index is 10.7. The summed E-state index contributed by atoms with van der Waals surface area (Å²) in [5, 5.41) is 0. The first-order valence-corrected chi connectivity index (χ1v) is 7.61. The Kier molecular flexibility index (Phi) is 6.02. The van der Waals surface area contributed by atoms with E-state index in [0.717, 1.165) is 32.0 Å². The van der Waals surface area contributed by atoms with E-state index in [9.17, 15) is 4.79 Å². The zero-order chi connectivity index (χ0) is 14.5. The summed E-state index contributed by atoms with van der Waals surface area (Å²) in [6.07, 6.45) is 5.01. The molecule has 0 bridgehead atoms. The topological polar surface area (TPSA) is 64.8 Å². The molecular weight excluding hydrogens is 255 g/mol. The van der Waals surface area contributed by atoms with E-state index in [1.54, 1.807) is 4.81 Å². The Morgan fingerprint density at radius 2 is 2.00 bits per heavy atom. The molecular formula is C14H25BN2O3. The van der Waals surface area contributed by atoms with Gasteiger partial charge in [0.05, 0.1) is 24.9 Å². The normalized spacial score (nSPS) is 39.0. The van der Waals surface area contributed by atoms with Crippen molar-refractivity contribution in [3.63, 3.8) is 0 Å². The Balaban J connectivity index is 1.79. The Bertz CT molecular complexity index is 311. The minimum atomic E-state index is -0.0590. The van der Waals surface area contributed by atoms with Crippen molar-refractivity contribution >= 4 is 14.3 Å². The zero-order valence-corrected chi connectivity index (χ0v) is 12.2. The van der Waals surface area contributed by atoms with E-state index in [2.05, 4.69) is 0 Å². The van der Waals surface area contributed by atoms with Crippen LogP contribution in [-0.2, 0) is 14.3 Å². The predicted molar refractivity (Wildman–Crippen MR) is 77.4 cm³/mol. The van der Waals surface area contributed by atoms with Crippen LogP contribution in [0.3, 0.4) is 0 Å². The van der Waals surface area contributed by atoms with Gasteiger partial charge in [0.2, 0.25) is 0 Å².